The van der Waals surface area contributed by atoms with Gasteiger partial charge in [0.25, 0.3) is 5.91 Å². The molecule has 0 atom stereocenters. The number of nitrogens with zero attached hydrogens (tertiary/aromatic N) is 1. The number of anilines is 1. The van der Waals surface area contributed by atoms with Gasteiger partial charge in [-0.25, -0.2) is 4.98 Å². The summed E-state index contributed by atoms with van der Waals surface area (Å²) in [6.45, 7) is 1.93. The number of carbonyl (C=O) groups is 1. The predicted molar refractivity (Wildman–Crippen MR) is 119 cm³/mol. The molecule has 2 N–H and O–H groups in total. The van der Waals surface area contributed by atoms with Gasteiger partial charge in [0.2, 0.25) is 5.75 Å². The lowest BCUT2D eigenvalue weighted by Gasteiger charge is -2.14. The zero-order valence-electron chi connectivity index (χ0n) is 16.1. The van der Waals surface area contributed by atoms with Gasteiger partial charge in [0, 0.05) is 10.6 Å². The number of hydrogen-bond acceptors (Lipinski definition) is 7. The van der Waals surface area contributed by atoms with Crippen LogP contribution in [0.4, 0.5) is 5.13 Å². The number of carbonyl (C=O) groups excluding carboxylic acids is 1. The molecule has 0 saturated heterocycles. The molecule has 2 aromatic carbocycles. The summed E-state index contributed by atoms with van der Waals surface area (Å²) in [5.74, 6) is 0.709. The molecule has 0 aliphatic rings. The van der Waals surface area contributed by atoms with Crippen LogP contribution in [0.3, 0.4) is 0 Å². The van der Waals surface area contributed by atoms with Gasteiger partial charge in [-0.3, -0.25) is 10.1 Å². The maximum Gasteiger partial charge on any atom is 0.257 e. The minimum Gasteiger partial charge on any atom is -0.493 e. The van der Waals surface area contributed by atoms with E-state index >= 15 is 0 Å². The molecule has 0 spiro atoms. The van der Waals surface area contributed by atoms with E-state index in [-0.39, 0.29) is 5.11 Å². The summed E-state index contributed by atoms with van der Waals surface area (Å²) in [7, 11) is 4.45. The van der Waals surface area contributed by atoms with Gasteiger partial charge in [0.05, 0.1) is 31.5 Å². The molecule has 0 aliphatic carbocycles. The van der Waals surface area contributed by atoms with E-state index in [1.165, 1.54) is 32.7 Å². The lowest BCUT2D eigenvalue weighted by molar-refractivity contribution is 0.0977. The van der Waals surface area contributed by atoms with Crippen molar-refractivity contribution in [1.82, 2.24) is 10.3 Å². The number of nitrogens with one attached hydrogen (secondary N) is 2. The maximum atomic E-state index is 12.6. The molecular formula is C19H18ClN3O4S2. The molecule has 152 valence electrons. The monoisotopic (exact) mass is 451 g/mol. The molecule has 3 rings (SSSR count). The number of aromatic nitrogens is 1. The van der Waals surface area contributed by atoms with Crippen LogP contribution in [0.15, 0.2) is 24.3 Å². The number of rotatable bonds is 5. The molecule has 3 aromatic rings. The second-order valence-electron chi connectivity index (χ2n) is 5.91. The molecule has 0 unspecified atom stereocenters. The van der Waals surface area contributed by atoms with Crippen LogP contribution >= 0.6 is 35.2 Å². The Labute approximate surface area is 181 Å². The van der Waals surface area contributed by atoms with E-state index in [2.05, 4.69) is 15.6 Å². The fourth-order valence-corrected chi connectivity index (χ4v) is 3.98. The van der Waals surface area contributed by atoms with Gasteiger partial charge in [0.1, 0.15) is 0 Å². The molecule has 0 radical (unpaired) electrons. The third-order valence-corrected chi connectivity index (χ3v) is 5.59. The Morgan fingerprint density at radius 1 is 1.10 bits per heavy atom. The van der Waals surface area contributed by atoms with E-state index < -0.39 is 5.91 Å². The Bertz CT molecular complexity index is 1040. The third-order valence-electron chi connectivity index (χ3n) is 4.04. The molecule has 29 heavy (non-hydrogen) atoms. The van der Waals surface area contributed by atoms with E-state index in [0.29, 0.717) is 33.0 Å². The fourth-order valence-electron chi connectivity index (χ4n) is 2.62. The van der Waals surface area contributed by atoms with Crippen LogP contribution in [0.1, 0.15) is 15.9 Å². The summed E-state index contributed by atoms with van der Waals surface area (Å²) in [6.07, 6.45) is 0. The number of benzene rings is 2. The molecular weight excluding hydrogens is 434 g/mol. The van der Waals surface area contributed by atoms with Crippen LogP contribution in [-0.4, -0.2) is 37.3 Å². The van der Waals surface area contributed by atoms with Crippen molar-refractivity contribution in [2.45, 2.75) is 6.92 Å². The summed E-state index contributed by atoms with van der Waals surface area (Å²) >= 11 is 12.8. The Kier molecular flexibility index (Phi) is 6.41. The van der Waals surface area contributed by atoms with Crippen molar-refractivity contribution < 1.29 is 19.0 Å². The van der Waals surface area contributed by atoms with Gasteiger partial charge in [0.15, 0.2) is 21.7 Å². The van der Waals surface area contributed by atoms with Crippen LogP contribution in [-0.2, 0) is 0 Å². The number of hydrogen-bond donors (Lipinski definition) is 2. The van der Waals surface area contributed by atoms with Gasteiger partial charge < -0.3 is 19.5 Å². The highest BCUT2D eigenvalue weighted by molar-refractivity contribution is 7.80. The molecule has 1 aromatic heterocycles. The molecule has 0 fully saturated rings. The molecule has 0 aliphatic heterocycles. The van der Waals surface area contributed by atoms with Gasteiger partial charge in [-0.15, -0.1) is 0 Å². The number of amides is 1. The van der Waals surface area contributed by atoms with Crippen molar-refractivity contribution in [2.75, 3.05) is 26.6 Å². The van der Waals surface area contributed by atoms with Crippen molar-refractivity contribution in [3.8, 4) is 17.2 Å². The molecule has 1 heterocycles. The first-order chi connectivity index (χ1) is 13.9. The Balaban J connectivity index is 1.76. The minimum atomic E-state index is -0.429. The largest absolute Gasteiger partial charge is 0.493 e. The molecule has 0 bridgehead atoms. The zero-order chi connectivity index (χ0) is 21.1. The van der Waals surface area contributed by atoms with E-state index in [1.54, 1.807) is 18.2 Å². The number of fused-ring (bicyclic) bond motifs is 1. The van der Waals surface area contributed by atoms with Crippen LogP contribution in [0.25, 0.3) is 10.2 Å². The molecule has 0 saturated carbocycles. The highest BCUT2D eigenvalue weighted by atomic mass is 35.5. The predicted octanol–water partition coefficient (Wildman–Crippen LogP) is 4.41. The molecule has 7 nitrogen and oxygen atoms in total. The Hall–Kier alpha value is -2.62. The zero-order valence-corrected chi connectivity index (χ0v) is 18.5. The van der Waals surface area contributed by atoms with Gasteiger partial charge in [-0.2, -0.15) is 0 Å². The molecule has 10 heteroatoms. The van der Waals surface area contributed by atoms with Crippen LogP contribution in [0, 0.1) is 6.92 Å². The van der Waals surface area contributed by atoms with Crippen LogP contribution in [0.5, 0.6) is 17.2 Å². The fraction of sp³-hybridized carbons (Fsp3) is 0.211. The summed E-state index contributed by atoms with van der Waals surface area (Å²) in [6, 6.07) is 6.84. The average molecular weight is 452 g/mol. The van der Waals surface area contributed by atoms with Crippen molar-refractivity contribution in [2.24, 2.45) is 0 Å². The second-order valence-corrected chi connectivity index (χ2v) is 7.76. The van der Waals surface area contributed by atoms with E-state index in [4.69, 9.17) is 38.0 Å². The van der Waals surface area contributed by atoms with Crippen LogP contribution in [0.2, 0.25) is 5.02 Å². The topological polar surface area (TPSA) is 81.7 Å². The number of methoxy groups -OCH3 is 3. The number of thiocarbonyl (C=S) groups is 1. The van der Waals surface area contributed by atoms with Gasteiger partial charge >= 0.3 is 0 Å². The smallest absolute Gasteiger partial charge is 0.257 e. The summed E-state index contributed by atoms with van der Waals surface area (Å²) in [5, 5.41) is 6.86. The number of halogens is 1. The number of thiazole rings is 1. The summed E-state index contributed by atoms with van der Waals surface area (Å²) in [4.78, 5) is 17.1. The highest BCUT2D eigenvalue weighted by Gasteiger charge is 2.18. The Morgan fingerprint density at radius 2 is 1.76 bits per heavy atom. The van der Waals surface area contributed by atoms with Crippen molar-refractivity contribution in [1.29, 1.82) is 0 Å². The highest BCUT2D eigenvalue weighted by Crippen LogP contribution is 2.38. The first-order valence-electron chi connectivity index (χ1n) is 8.35. The van der Waals surface area contributed by atoms with Crippen LogP contribution < -0.4 is 24.8 Å². The van der Waals surface area contributed by atoms with E-state index in [0.717, 1.165) is 15.8 Å². The first-order valence-corrected chi connectivity index (χ1v) is 9.95. The van der Waals surface area contributed by atoms with Crippen molar-refractivity contribution >= 4 is 61.5 Å². The third kappa shape index (κ3) is 4.52. The van der Waals surface area contributed by atoms with E-state index in [1.807, 2.05) is 13.0 Å². The average Bonchev–Trinajstić information content (AvgIpc) is 3.07. The summed E-state index contributed by atoms with van der Waals surface area (Å²) in [5.41, 5.74) is 2.02. The van der Waals surface area contributed by atoms with Crippen molar-refractivity contribution in [3.05, 3.63) is 40.4 Å². The second kappa shape index (κ2) is 8.81. The first kappa shape index (κ1) is 21.1. The quantitative estimate of drug-likeness (QED) is 0.556. The van der Waals surface area contributed by atoms with Gasteiger partial charge in [-0.05, 0) is 49.0 Å². The Morgan fingerprint density at radius 3 is 2.34 bits per heavy atom. The van der Waals surface area contributed by atoms with E-state index in [9.17, 15) is 4.79 Å². The molecule has 1 amide bonds. The maximum absolute atomic E-state index is 12.6. The van der Waals surface area contributed by atoms with Gasteiger partial charge in [-0.1, -0.05) is 22.9 Å². The normalized spacial score (nSPS) is 10.5. The lowest BCUT2D eigenvalue weighted by atomic mass is 10.1. The standard InChI is InChI=1S/C19H18ClN3O4S2/c1-9-5-15-12(8-11(9)20)21-19(29-15)23-18(28)22-17(24)10-6-13(25-2)16(27-4)14(7-10)26-3/h5-8H,1-4H3,(H2,21,22,23,24,28). The summed E-state index contributed by atoms with van der Waals surface area (Å²) < 4.78 is 16.8. The lowest BCUT2D eigenvalue weighted by Crippen LogP contribution is -2.34. The number of ether oxygens (including phenoxy) is 3. The SMILES string of the molecule is COc1cc(C(=O)NC(=S)Nc2nc3cc(Cl)c(C)cc3s2)cc(OC)c1OC. The number of aryl methyl sites for hydroxylation is 1. The van der Waals surface area contributed by atoms with Crippen molar-refractivity contribution in [3.63, 3.8) is 0 Å². The minimum absolute atomic E-state index is 0.116.